The maximum Gasteiger partial charge on any atom is 0.276 e. The molecule has 3 heterocycles. The predicted octanol–water partition coefficient (Wildman–Crippen LogP) is 1.89. The van der Waals surface area contributed by atoms with Crippen molar-refractivity contribution in [2.45, 2.75) is 31.8 Å². The number of fused-ring (bicyclic) bond motifs is 2. The summed E-state index contributed by atoms with van der Waals surface area (Å²) in [7, 11) is 0. The number of pyridine rings is 1. The van der Waals surface area contributed by atoms with Crippen LogP contribution in [0.3, 0.4) is 0 Å². The van der Waals surface area contributed by atoms with Gasteiger partial charge >= 0.3 is 0 Å². The van der Waals surface area contributed by atoms with Crippen LogP contribution in [0.4, 0.5) is 8.78 Å². The second-order valence-corrected chi connectivity index (χ2v) is 8.66. The molecule has 1 aromatic heterocycles. The van der Waals surface area contributed by atoms with Crippen molar-refractivity contribution in [3.05, 3.63) is 92.9 Å². The summed E-state index contributed by atoms with van der Waals surface area (Å²) < 4.78 is 34.0. The highest BCUT2D eigenvalue weighted by Crippen LogP contribution is 2.31. The van der Waals surface area contributed by atoms with E-state index in [1.807, 2.05) is 0 Å². The first kappa shape index (κ1) is 23.5. The van der Waals surface area contributed by atoms with Crippen molar-refractivity contribution in [3.8, 4) is 11.5 Å². The summed E-state index contributed by atoms with van der Waals surface area (Å²) in [5.41, 5.74) is -0.846. The third kappa shape index (κ3) is 4.17. The number of aromatic nitrogens is 1. The molecule has 0 spiro atoms. The number of aromatic hydroxyl groups is 2. The molecule has 1 fully saturated rings. The molecule has 0 radical (unpaired) electrons. The summed E-state index contributed by atoms with van der Waals surface area (Å²) in [6.45, 7) is -0.00838. The van der Waals surface area contributed by atoms with Gasteiger partial charge < -0.3 is 29.7 Å². The van der Waals surface area contributed by atoms with E-state index in [0.29, 0.717) is 12.5 Å². The van der Waals surface area contributed by atoms with Crippen LogP contribution < -0.4 is 10.7 Å². The lowest BCUT2D eigenvalue weighted by Gasteiger charge is -2.34. The Hall–Kier alpha value is -4.25. The largest absolute Gasteiger partial charge is 0.508 e. The van der Waals surface area contributed by atoms with Crippen molar-refractivity contribution in [1.29, 1.82) is 0 Å². The van der Waals surface area contributed by atoms with Crippen molar-refractivity contribution >= 4 is 11.8 Å². The lowest BCUT2D eigenvalue weighted by atomic mass is 10.0. The Morgan fingerprint density at radius 3 is 2.58 bits per heavy atom. The van der Waals surface area contributed by atoms with Crippen molar-refractivity contribution < 1.29 is 33.3 Å². The minimum Gasteiger partial charge on any atom is -0.508 e. The molecular weight excluding hydrogens is 476 g/mol. The average Bonchev–Trinajstić information content (AvgIpc) is 3.24. The number of hydrogen-bond acceptors (Lipinski definition) is 6. The summed E-state index contributed by atoms with van der Waals surface area (Å²) in [6.07, 6.45) is 0.936. The molecule has 0 aliphatic carbocycles. The number of carbonyl (C=O) groups excluding carboxylic acids is 2. The first-order chi connectivity index (χ1) is 17.2. The number of amides is 2. The molecule has 5 rings (SSSR count). The Balaban J connectivity index is 1.38. The third-order valence-electron chi connectivity index (χ3n) is 6.34. The summed E-state index contributed by atoms with van der Waals surface area (Å²) in [4.78, 5) is 40.2. The molecule has 0 saturated carbocycles. The van der Waals surface area contributed by atoms with Crippen molar-refractivity contribution in [1.82, 2.24) is 14.8 Å². The molecule has 2 aliphatic heterocycles. The summed E-state index contributed by atoms with van der Waals surface area (Å²) >= 11 is 0. The van der Waals surface area contributed by atoms with E-state index in [4.69, 9.17) is 4.74 Å². The SMILES string of the molecule is O=C(NCc1ccc(F)cc1F)c1cn2c(c(O)c1=O)C(=O)N1C(Cc3ccc(O)cc3)COC1C2. The molecular formula is C25H21F2N3O6. The van der Waals surface area contributed by atoms with Crippen LogP contribution in [0.15, 0.2) is 53.5 Å². The molecule has 2 aliphatic rings. The molecule has 2 aromatic carbocycles. The van der Waals surface area contributed by atoms with Crippen LogP contribution in [0.25, 0.3) is 0 Å². The lowest BCUT2D eigenvalue weighted by Crippen LogP contribution is -2.50. The summed E-state index contributed by atoms with van der Waals surface area (Å²) in [5, 5.41) is 22.5. The average molecular weight is 497 g/mol. The zero-order valence-corrected chi connectivity index (χ0v) is 18.8. The zero-order valence-electron chi connectivity index (χ0n) is 18.8. The molecule has 2 amide bonds. The molecule has 1 saturated heterocycles. The molecule has 11 heteroatoms. The van der Waals surface area contributed by atoms with E-state index < -0.39 is 46.4 Å². The van der Waals surface area contributed by atoms with Gasteiger partial charge in [-0.1, -0.05) is 18.2 Å². The van der Waals surface area contributed by atoms with Gasteiger partial charge in [-0.05, 0) is 30.2 Å². The minimum atomic E-state index is -1.04. The van der Waals surface area contributed by atoms with E-state index in [2.05, 4.69) is 5.32 Å². The van der Waals surface area contributed by atoms with Gasteiger partial charge in [0.2, 0.25) is 5.43 Å². The molecule has 2 atom stereocenters. The fourth-order valence-electron chi connectivity index (χ4n) is 4.52. The number of nitrogens with one attached hydrogen (secondary N) is 1. The van der Waals surface area contributed by atoms with Crippen LogP contribution in [-0.2, 0) is 24.2 Å². The fraction of sp³-hybridized carbons (Fsp3) is 0.240. The van der Waals surface area contributed by atoms with Gasteiger partial charge in [0.15, 0.2) is 17.7 Å². The monoisotopic (exact) mass is 497 g/mol. The Labute approximate surface area is 203 Å². The standard InChI is InChI=1S/C25H21F2N3O6/c26-15-4-3-14(19(27)8-15)9-28-24(34)18-10-29-11-20-30(25(35)21(29)23(33)22(18)32)16(12-36-20)7-13-1-5-17(31)6-2-13/h1-6,8,10,16,20,31,33H,7,9,11-12H2,(H,28,34). The van der Waals surface area contributed by atoms with E-state index in [0.717, 1.165) is 11.6 Å². The van der Waals surface area contributed by atoms with Gasteiger partial charge in [0.05, 0.1) is 19.2 Å². The Bertz CT molecular complexity index is 1420. The highest BCUT2D eigenvalue weighted by atomic mass is 19.1. The second kappa shape index (κ2) is 9.08. The molecule has 0 bridgehead atoms. The van der Waals surface area contributed by atoms with Gasteiger partial charge in [-0.15, -0.1) is 0 Å². The zero-order chi connectivity index (χ0) is 25.6. The van der Waals surface area contributed by atoms with Gasteiger partial charge in [-0.3, -0.25) is 14.4 Å². The van der Waals surface area contributed by atoms with Crippen molar-refractivity contribution in [2.24, 2.45) is 0 Å². The number of carbonyl (C=O) groups is 2. The van der Waals surface area contributed by atoms with Crippen LogP contribution in [0.5, 0.6) is 11.5 Å². The number of hydrogen-bond donors (Lipinski definition) is 3. The first-order valence-electron chi connectivity index (χ1n) is 11.1. The van der Waals surface area contributed by atoms with Crippen molar-refractivity contribution in [2.75, 3.05) is 6.61 Å². The summed E-state index contributed by atoms with van der Waals surface area (Å²) in [6, 6.07) is 9.07. The molecule has 186 valence electrons. The lowest BCUT2D eigenvalue weighted by molar-refractivity contribution is 0.00575. The molecule has 9 nitrogen and oxygen atoms in total. The second-order valence-electron chi connectivity index (χ2n) is 8.66. The molecule has 36 heavy (non-hydrogen) atoms. The number of nitrogens with zero attached hydrogens (tertiary/aromatic N) is 2. The van der Waals surface area contributed by atoms with Gasteiger partial charge in [0.25, 0.3) is 11.8 Å². The molecule has 2 unspecified atom stereocenters. The van der Waals surface area contributed by atoms with Crippen molar-refractivity contribution in [3.63, 3.8) is 0 Å². The number of phenolic OH excluding ortho intramolecular Hbond substituents is 1. The first-order valence-corrected chi connectivity index (χ1v) is 11.1. The van der Waals surface area contributed by atoms with Crippen LogP contribution in [0.1, 0.15) is 32.0 Å². The number of benzene rings is 2. The van der Waals surface area contributed by atoms with E-state index in [-0.39, 0.29) is 42.7 Å². The smallest absolute Gasteiger partial charge is 0.276 e. The summed E-state index contributed by atoms with van der Waals surface area (Å²) in [5.74, 6) is -3.86. The highest BCUT2D eigenvalue weighted by Gasteiger charge is 2.44. The van der Waals surface area contributed by atoms with Crippen LogP contribution in [0, 0.1) is 11.6 Å². The molecule has 3 aromatic rings. The normalized spacial score (nSPS) is 18.6. The maximum absolute atomic E-state index is 13.9. The van der Waals surface area contributed by atoms with Gasteiger partial charge in [-0.2, -0.15) is 0 Å². The Kier molecular flexibility index (Phi) is 5.92. The Morgan fingerprint density at radius 1 is 1.11 bits per heavy atom. The number of phenols is 1. The maximum atomic E-state index is 13.9. The minimum absolute atomic E-state index is 0.0110. The fourth-order valence-corrected chi connectivity index (χ4v) is 4.52. The Morgan fingerprint density at radius 2 is 1.86 bits per heavy atom. The van der Waals surface area contributed by atoms with Gasteiger partial charge in [0.1, 0.15) is 22.9 Å². The van der Waals surface area contributed by atoms with Gasteiger partial charge in [-0.25, -0.2) is 8.78 Å². The highest BCUT2D eigenvalue weighted by molar-refractivity contribution is 5.99. The van der Waals surface area contributed by atoms with E-state index in [1.54, 1.807) is 24.3 Å². The number of rotatable bonds is 5. The number of ether oxygens (including phenoxy) is 1. The predicted molar refractivity (Wildman–Crippen MR) is 121 cm³/mol. The van der Waals surface area contributed by atoms with E-state index in [9.17, 15) is 33.4 Å². The molecule has 3 N–H and O–H groups in total. The third-order valence-corrected chi connectivity index (χ3v) is 6.34. The van der Waals surface area contributed by atoms with Crippen LogP contribution in [0.2, 0.25) is 0 Å². The quantitative estimate of drug-likeness (QED) is 0.495. The number of halogens is 2. The van der Waals surface area contributed by atoms with E-state index in [1.165, 1.54) is 21.7 Å². The van der Waals surface area contributed by atoms with Crippen LogP contribution >= 0.6 is 0 Å². The van der Waals surface area contributed by atoms with Crippen LogP contribution in [-0.4, -0.2) is 50.4 Å². The van der Waals surface area contributed by atoms with Gasteiger partial charge in [0, 0.05) is 24.4 Å². The topological polar surface area (TPSA) is 121 Å². The van der Waals surface area contributed by atoms with E-state index >= 15 is 0 Å².